The van der Waals surface area contributed by atoms with Gasteiger partial charge in [-0.25, -0.2) is 0 Å². The van der Waals surface area contributed by atoms with Crippen molar-refractivity contribution in [2.24, 2.45) is 0 Å². The summed E-state index contributed by atoms with van der Waals surface area (Å²) in [7, 11) is 1.59. The third-order valence-corrected chi connectivity index (χ3v) is 3.27. The van der Waals surface area contributed by atoms with Crippen molar-refractivity contribution in [1.82, 2.24) is 5.32 Å². The third kappa shape index (κ3) is 5.64. The van der Waals surface area contributed by atoms with Gasteiger partial charge in [-0.1, -0.05) is 24.3 Å². The van der Waals surface area contributed by atoms with Gasteiger partial charge in [0.25, 0.3) is 5.91 Å². The van der Waals surface area contributed by atoms with Gasteiger partial charge in [0.2, 0.25) is 0 Å². The van der Waals surface area contributed by atoms with Crippen molar-refractivity contribution in [3.8, 4) is 11.5 Å². The molecule has 0 spiro atoms. The number of nitrogens with one attached hydrogen (secondary N) is 1. The molecule has 0 aliphatic heterocycles. The molecule has 0 aliphatic carbocycles. The molecular formula is C18H19NO5. The molecule has 2 aromatic carbocycles. The van der Waals surface area contributed by atoms with Crippen molar-refractivity contribution in [2.75, 3.05) is 13.7 Å². The van der Waals surface area contributed by atoms with Gasteiger partial charge in [0.05, 0.1) is 13.5 Å². The number of benzene rings is 2. The van der Waals surface area contributed by atoms with E-state index in [0.717, 1.165) is 11.3 Å². The monoisotopic (exact) mass is 329 g/mol. The van der Waals surface area contributed by atoms with E-state index in [1.54, 1.807) is 31.4 Å². The highest BCUT2D eigenvalue weighted by Crippen LogP contribution is 2.13. The van der Waals surface area contributed by atoms with Gasteiger partial charge in [0, 0.05) is 6.54 Å². The summed E-state index contributed by atoms with van der Waals surface area (Å²) in [5.74, 6) is 0.119. The van der Waals surface area contributed by atoms with Crippen LogP contribution >= 0.6 is 0 Å². The highest BCUT2D eigenvalue weighted by Gasteiger charge is 2.05. The largest absolute Gasteiger partial charge is 0.497 e. The second kappa shape index (κ2) is 8.57. The van der Waals surface area contributed by atoms with Crippen LogP contribution in [0, 0.1) is 0 Å². The van der Waals surface area contributed by atoms with Crippen LogP contribution < -0.4 is 14.8 Å². The van der Waals surface area contributed by atoms with Crippen LogP contribution in [0.5, 0.6) is 11.5 Å². The predicted octanol–water partition coefficient (Wildman–Crippen LogP) is 2.02. The molecule has 2 N–H and O–H groups in total. The lowest BCUT2D eigenvalue weighted by atomic mass is 10.1. The molecule has 2 rings (SSSR count). The fourth-order valence-corrected chi connectivity index (χ4v) is 2.06. The van der Waals surface area contributed by atoms with E-state index in [9.17, 15) is 9.59 Å². The molecule has 0 radical (unpaired) electrons. The molecule has 0 atom stereocenters. The van der Waals surface area contributed by atoms with Crippen LogP contribution in [-0.4, -0.2) is 30.7 Å². The zero-order chi connectivity index (χ0) is 17.4. The molecular weight excluding hydrogens is 310 g/mol. The summed E-state index contributed by atoms with van der Waals surface area (Å²) in [4.78, 5) is 22.4. The van der Waals surface area contributed by atoms with Gasteiger partial charge in [-0.05, 0) is 35.4 Å². The third-order valence-electron chi connectivity index (χ3n) is 3.27. The maximum atomic E-state index is 11.8. The van der Waals surface area contributed by atoms with Crippen LogP contribution in [0.1, 0.15) is 11.1 Å². The SMILES string of the molecule is COc1cccc(CNC(=O)COc2ccc(CC(=O)O)cc2)c1. The number of aliphatic carboxylic acids is 1. The van der Waals surface area contributed by atoms with E-state index in [1.165, 1.54) is 0 Å². The predicted molar refractivity (Wildman–Crippen MR) is 88.1 cm³/mol. The van der Waals surface area contributed by atoms with E-state index >= 15 is 0 Å². The number of rotatable bonds is 8. The Morgan fingerprint density at radius 1 is 1.04 bits per heavy atom. The van der Waals surface area contributed by atoms with E-state index in [1.807, 2.05) is 24.3 Å². The average molecular weight is 329 g/mol. The first kappa shape index (κ1) is 17.3. The van der Waals surface area contributed by atoms with Gasteiger partial charge < -0.3 is 19.9 Å². The molecule has 126 valence electrons. The first-order valence-electron chi connectivity index (χ1n) is 7.40. The quantitative estimate of drug-likeness (QED) is 0.774. The molecule has 0 fully saturated rings. The Hall–Kier alpha value is -3.02. The van der Waals surface area contributed by atoms with Gasteiger partial charge >= 0.3 is 5.97 Å². The molecule has 2 aromatic rings. The molecule has 0 aliphatic rings. The number of methoxy groups -OCH3 is 1. The smallest absolute Gasteiger partial charge is 0.307 e. The second-order valence-corrected chi connectivity index (χ2v) is 5.13. The van der Waals surface area contributed by atoms with Crippen molar-refractivity contribution in [3.05, 3.63) is 59.7 Å². The molecule has 1 amide bonds. The molecule has 0 bridgehead atoms. The Bertz CT molecular complexity index is 697. The van der Waals surface area contributed by atoms with E-state index in [0.29, 0.717) is 17.9 Å². The van der Waals surface area contributed by atoms with Crippen LogP contribution in [0.25, 0.3) is 0 Å². The van der Waals surface area contributed by atoms with Crippen molar-refractivity contribution < 1.29 is 24.2 Å². The maximum absolute atomic E-state index is 11.8. The minimum absolute atomic E-state index is 0.0404. The van der Waals surface area contributed by atoms with E-state index in [2.05, 4.69) is 5.32 Å². The minimum Gasteiger partial charge on any atom is -0.497 e. The highest BCUT2D eigenvalue weighted by molar-refractivity contribution is 5.77. The first-order valence-corrected chi connectivity index (χ1v) is 7.40. The van der Waals surface area contributed by atoms with Gasteiger partial charge in [0.15, 0.2) is 6.61 Å². The lowest BCUT2D eigenvalue weighted by molar-refractivity contribution is -0.136. The van der Waals surface area contributed by atoms with E-state index < -0.39 is 5.97 Å². The molecule has 24 heavy (non-hydrogen) atoms. The Labute approximate surface area is 140 Å². The fraction of sp³-hybridized carbons (Fsp3) is 0.222. The number of hydrogen-bond donors (Lipinski definition) is 2. The lowest BCUT2D eigenvalue weighted by Gasteiger charge is -2.09. The Balaban J connectivity index is 1.77. The minimum atomic E-state index is -0.888. The summed E-state index contributed by atoms with van der Waals surface area (Å²) in [5, 5.41) is 11.5. The van der Waals surface area contributed by atoms with Gasteiger partial charge in [-0.2, -0.15) is 0 Å². The van der Waals surface area contributed by atoms with Gasteiger partial charge in [-0.15, -0.1) is 0 Å². The first-order chi connectivity index (χ1) is 11.6. The molecule has 0 aromatic heterocycles. The van der Waals surface area contributed by atoms with Gasteiger partial charge in [-0.3, -0.25) is 9.59 Å². The molecule has 0 saturated carbocycles. The number of carbonyl (C=O) groups excluding carboxylic acids is 1. The average Bonchev–Trinajstić information content (AvgIpc) is 2.59. The number of hydrogen-bond acceptors (Lipinski definition) is 4. The topological polar surface area (TPSA) is 84.9 Å². The molecule has 6 nitrogen and oxygen atoms in total. The normalized spacial score (nSPS) is 10.0. The fourth-order valence-electron chi connectivity index (χ4n) is 2.06. The van der Waals surface area contributed by atoms with Crippen LogP contribution in [0.2, 0.25) is 0 Å². The van der Waals surface area contributed by atoms with E-state index in [-0.39, 0.29) is 18.9 Å². The maximum Gasteiger partial charge on any atom is 0.307 e. The highest BCUT2D eigenvalue weighted by atomic mass is 16.5. The zero-order valence-electron chi connectivity index (χ0n) is 13.3. The number of amides is 1. The zero-order valence-corrected chi connectivity index (χ0v) is 13.3. The number of carboxylic acids is 1. The molecule has 6 heteroatoms. The molecule has 0 saturated heterocycles. The van der Waals surface area contributed by atoms with Crippen molar-refractivity contribution in [3.63, 3.8) is 0 Å². The van der Waals surface area contributed by atoms with Crippen LogP contribution in [0.4, 0.5) is 0 Å². The standard InChI is InChI=1S/C18H19NO5/c1-23-16-4-2-3-14(9-16)11-19-17(20)12-24-15-7-5-13(6-8-15)10-18(21)22/h2-9H,10-12H2,1H3,(H,19,20)(H,21,22). The number of carbonyl (C=O) groups is 2. The van der Waals surface area contributed by atoms with Crippen LogP contribution in [0.15, 0.2) is 48.5 Å². The summed E-state index contributed by atoms with van der Waals surface area (Å²) in [6.07, 6.45) is -0.0404. The van der Waals surface area contributed by atoms with Crippen molar-refractivity contribution in [1.29, 1.82) is 0 Å². The number of ether oxygens (including phenoxy) is 2. The van der Waals surface area contributed by atoms with Crippen molar-refractivity contribution >= 4 is 11.9 Å². The Morgan fingerprint density at radius 3 is 2.46 bits per heavy atom. The number of carboxylic acid groups (broad SMARTS) is 1. The van der Waals surface area contributed by atoms with E-state index in [4.69, 9.17) is 14.6 Å². The second-order valence-electron chi connectivity index (χ2n) is 5.13. The lowest BCUT2D eigenvalue weighted by Crippen LogP contribution is -2.28. The summed E-state index contributed by atoms with van der Waals surface area (Å²) < 4.78 is 10.5. The Morgan fingerprint density at radius 2 is 1.79 bits per heavy atom. The Kier molecular flexibility index (Phi) is 6.19. The molecule has 0 heterocycles. The van der Waals surface area contributed by atoms with Gasteiger partial charge in [0.1, 0.15) is 11.5 Å². The van der Waals surface area contributed by atoms with Crippen LogP contribution in [-0.2, 0) is 22.6 Å². The van der Waals surface area contributed by atoms with Crippen LogP contribution in [0.3, 0.4) is 0 Å². The summed E-state index contributed by atoms with van der Waals surface area (Å²) in [6, 6.07) is 14.1. The molecule has 0 unspecified atom stereocenters. The van der Waals surface area contributed by atoms with Crippen molar-refractivity contribution in [2.45, 2.75) is 13.0 Å². The summed E-state index contributed by atoms with van der Waals surface area (Å²) in [5.41, 5.74) is 1.61. The summed E-state index contributed by atoms with van der Waals surface area (Å²) in [6.45, 7) is 0.277. The summed E-state index contributed by atoms with van der Waals surface area (Å²) >= 11 is 0.